The van der Waals surface area contributed by atoms with Gasteiger partial charge in [-0.2, -0.15) is 0 Å². The smallest absolute Gasteiger partial charge is 0.238 e. The Labute approximate surface area is 147 Å². The first-order chi connectivity index (χ1) is 10.9. The maximum Gasteiger partial charge on any atom is 0.238 e. The van der Waals surface area contributed by atoms with E-state index < -0.39 is 10.0 Å². The summed E-state index contributed by atoms with van der Waals surface area (Å²) in [5.41, 5.74) is 2.26. The fourth-order valence-corrected chi connectivity index (χ4v) is 4.03. The molecule has 0 spiro atoms. The molecule has 0 radical (unpaired) electrons. The molecule has 0 fully saturated rings. The van der Waals surface area contributed by atoms with E-state index in [1.54, 1.807) is 24.4 Å². The lowest BCUT2D eigenvalue weighted by Crippen LogP contribution is -2.15. The second-order valence-electron chi connectivity index (χ2n) is 5.08. The third-order valence-corrected chi connectivity index (χ3v) is 5.32. The van der Waals surface area contributed by atoms with E-state index >= 15 is 0 Å². The number of hydrogen-bond acceptors (Lipinski definition) is 3. The minimum absolute atomic E-state index is 0.110. The lowest BCUT2D eigenvalue weighted by atomic mass is 10.0. The van der Waals surface area contributed by atoms with Crippen molar-refractivity contribution in [3.05, 3.63) is 69.3 Å². The first kappa shape index (κ1) is 16.4. The van der Waals surface area contributed by atoms with Crippen molar-refractivity contribution in [3.8, 4) is 0 Å². The molecule has 0 atom stereocenters. The molecule has 7 heteroatoms. The van der Waals surface area contributed by atoms with Crippen LogP contribution in [0.3, 0.4) is 0 Å². The molecule has 2 N–H and O–H groups in total. The zero-order valence-electron chi connectivity index (χ0n) is 11.8. The lowest BCUT2D eigenvalue weighted by molar-refractivity contribution is 0.597. The van der Waals surface area contributed by atoms with Crippen LogP contribution in [0.2, 0.25) is 5.02 Å². The van der Waals surface area contributed by atoms with E-state index in [0.717, 1.165) is 10.9 Å². The van der Waals surface area contributed by atoms with Crippen molar-refractivity contribution < 1.29 is 8.42 Å². The van der Waals surface area contributed by atoms with Crippen molar-refractivity contribution in [2.75, 3.05) is 0 Å². The van der Waals surface area contributed by atoms with Gasteiger partial charge < -0.3 is 0 Å². The summed E-state index contributed by atoms with van der Waals surface area (Å²) < 4.78 is 24.3. The van der Waals surface area contributed by atoms with Crippen LogP contribution in [0.15, 0.2) is 58.0 Å². The molecule has 3 aromatic rings. The van der Waals surface area contributed by atoms with Gasteiger partial charge in [0.15, 0.2) is 0 Å². The molecule has 0 saturated carbocycles. The lowest BCUT2D eigenvalue weighted by Gasteiger charge is -2.11. The largest absolute Gasteiger partial charge is 0.255 e. The number of para-hydroxylation sites is 1. The standard InChI is InChI=1S/C16H12BrClN2O2S/c17-12-5-4-11(15(9-12)23(19,21)22)8-10-6-7-20-16-13(10)2-1-3-14(16)18/h1-7,9H,8H2,(H2,19,21,22). The SMILES string of the molecule is NS(=O)(=O)c1cc(Br)ccc1Cc1ccnc2c(Cl)cccc12. The first-order valence-electron chi connectivity index (χ1n) is 6.69. The number of aromatic nitrogens is 1. The average molecular weight is 412 g/mol. The van der Waals surface area contributed by atoms with Crippen LogP contribution in [0.1, 0.15) is 11.1 Å². The summed E-state index contributed by atoms with van der Waals surface area (Å²) in [4.78, 5) is 4.40. The highest BCUT2D eigenvalue weighted by molar-refractivity contribution is 9.10. The summed E-state index contributed by atoms with van der Waals surface area (Å²) in [6, 6.07) is 12.4. The number of sulfonamides is 1. The number of halogens is 2. The van der Waals surface area contributed by atoms with Crippen LogP contribution >= 0.6 is 27.5 Å². The van der Waals surface area contributed by atoms with Gasteiger partial charge in [-0.25, -0.2) is 13.6 Å². The van der Waals surface area contributed by atoms with Crippen molar-refractivity contribution in [2.24, 2.45) is 5.14 Å². The molecule has 2 aromatic carbocycles. The Kier molecular flexibility index (Phi) is 4.42. The van der Waals surface area contributed by atoms with Crippen molar-refractivity contribution >= 4 is 48.5 Å². The quantitative estimate of drug-likeness (QED) is 0.710. The van der Waals surface area contributed by atoms with Crippen LogP contribution in [0.4, 0.5) is 0 Å². The van der Waals surface area contributed by atoms with Gasteiger partial charge >= 0.3 is 0 Å². The number of benzene rings is 2. The molecule has 0 amide bonds. The predicted molar refractivity (Wildman–Crippen MR) is 95.1 cm³/mol. The molecule has 0 saturated heterocycles. The fourth-order valence-electron chi connectivity index (χ4n) is 2.50. The molecule has 0 aliphatic heterocycles. The van der Waals surface area contributed by atoms with E-state index in [1.807, 2.05) is 18.2 Å². The number of primary sulfonamides is 1. The molecule has 3 rings (SSSR count). The van der Waals surface area contributed by atoms with E-state index in [-0.39, 0.29) is 4.90 Å². The predicted octanol–water partition coefficient (Wildman–Crippen LogP) is 3.89. The van der Waals surface area contributed by atoms with Crippen LogP contribution in [-0.4, -0.2) is 13.4 Å². The Hall–Kier alpha value is -1.47. The third kappa shape index (κ3) is 3.40. The van der Waals surface area contributed by atoms with Crippen LogP contribution in [0.25, 0.3) is 10.9 Å². The average Bonchev–Trinajstić information content (AvgIpc) is 2.49. The van der Waals surface area contributed by atoms with Crippen molar-refractivity contribution in [2.45, 2.75) is 11.3 Å². The van der Waals surface area contributed by atoms with Crippen LogP contribution in [-0.2, 0) is 16.4 Å². The van der Waals surface area contributed by atoms with Gasteiger partial charge in [0.25, 0.3) is 0 Å². The van der Waals surface area contributed by atoms with Gasteiger partial charge in [0.1, 0.15) is 0 Å². The normalized spacial score (nSPS) is 11.8. The van der Waals surface area contributed by atoms with Crippen molar-refractivity contribution in [1.29, 1.82) is 0 Å². The monoisotopic (exact) mass is 410 g/mol. The Morgan fingerprint density at radius 1 is 1.13 bits per heavy atom. The molecule has 4 nitrogen and oxygen atoms in total. The fraction of sp³-hybridized carbons (Fsp3) is 0.0625. The molecule has 0 bridgehead atoms. The van der Waals surface area contributed by atoms with Gasteiger partial charge in [0.2, 0.25) is 10.0 Å². The Morgan fingerprint density at radius 2 is 1.91 bits per heavy atom. The second kappa shape index (κ2) is 6.20. The molecule has 1 aromatic heterocycles. The second-order valence-corrected chi connectivity index (χ2v) is 7.93. The molecule has 23 heavy (non-hydrogen) atoms. The van der Waals surface area contributed by atoms with E-state index in [0.29, 0.717) is 27.0 Å². The first-order valence-corrected chi connectivity index (χ1v) is 9.41. The summed E-state index contributed by atoms with van der Waals surface area (Å²) in [7, 11) is -3.81. The van der Waals surface area contributed by atoms with E-state index in [2.05, 4.69) is 20.9 Å². The topological polar surface area (TPSA) is 73.1 Å². The highest BCUT2D eigenvalue weighted by atomic mass is 79.9. The molecular formula is C16H12BrClN2O2S. The van der Waals surface area contributed by atoms with Gasteiger partial charge in [-0.1, -0.05) is 45.7 Å². The number of fused-ring (bicyclic) bond motifs is 1. The minimum atomic E-state index is -3.81. The molecule has 0 aliphatic rings. The van der Waals surface area contributed by atoms with Gasteiger partial charge in [-0.15, -0.1) is 0 Å². The highest BCUT2D eigenvalue weighted by Crippen LogP contribution is 2.28. The maximum absolute atomic E-state index is 11.8. The maximum atomic E-state index is 11.8. The Morgan fingerprint density at radius 3 is 2.65 bits per heavy atom. The number of hydrogen-bond donors (Lipinski definition) is 1. The van der Waals surface area contributed by atoms with Crippen LogP contribution in [0, 0.1) is 0 Å². The van der Waals surface area contributed by atoms with Gasteiger partial charge in [0.05, 0.1) is 15.4 Å². The number of nitrogens with two attached hydrogens (primary N) is 1. The molecule has 1 heterocycles. The van der Waals surface area contributed by atoms with Gasteiger partial charge in [0, 0.05) is 16.1 Å². The van der Waals surface area contributed by atoms with E-state index in [4.69, 9.17) is 16.7 Å². The van der Waals surface area contributed by atoms with E-state index in [9.17, 15) is 8.42 Å². The van der Waals surface area contributed by atoms with Crippen molar-refractivity contribution in [1.82, 2.24) is 4.98 Å². The van der Waals surface area contributed by atoms with Gasteiger partial charge in [-0.05, 0) is 41.8 Å². The van der Waals surface area contributed by atoms with Crippen molar-refractivity contribution in [3.63, 3.8) is 0 Å². The van der Waals surface area contributed by atoms with E-state index in [1.165, 1.54) is 6.07 Å². The molecule has 118 valence electrons. The molecule has 0 aliphatic carbocycles. The highest BCUT2D eigenvalue weighted by Gasteiger charge is 2.16. The summed E-state index contributed by atoms with van der Waals surface area (Å²) in [6.45, 7) is 0. The summed E-state index contributed by atoms with van der Waals surface area (Å²) >= 11 is 9.45. The summed E-state index contributed by atoms with van der Waals surface area (Å²) in [5.74, 6) is 0. The molecule has 0 unspecified atom stereocenters. The number of pyridine rings is 1. The van der Waals surface area contributed by atoms with Crippen LogP contribution < -0.4 is 5.14 Å². The minimum Gasteiger partial charge on any atom is -0.255 e. The number of rotatable bonds is 3. The van der Waals surface area contributed by atoms with Crippen LogP contribution in [0.5, 0.6) is 0 Å². The zero-order valence-corrected chi connectivity index (χ0v) is 15.0. The molecular weight excluding hydrogens is 400 g/mol. The summed E-state index contributed by atoms with van der Waals surface area (Å²) in [5, 5.41) is 6.79. The third-order valence-electron chi connectivity index (χ3n) is 3.53. The Bertz CT molecular complexity index is 1010. The summed E-state index contributed by atoms with van der Waals surface area (Å²) in [6.07, 6.45) is 2.08. The Balaban J connectivity index is 2.16. The van der Waals surface area contributed by atoms with Gasteiger partial charge in [-0.3, -0.25) is 4.98 Å². The number of nitrogens with zero attached hydrogens (tertiary/aromatic N) is 1. The zero-order chi connectivity index (χ0) is 16.6.